The Labute approximate surface area is 107 Å². The minimum Gasteiger partial charge on any atom is -0.394 e. The maximum Gasteiger partial charge on any atom is 0.205 e. The predicted molar refractivity (Wildman–Crippen MR) is 69.7 cm³/mol. The van der Waals surface area contributed by atoms with E-state index in [1.54, 1.807) is 0 Å². The molecule has 5 nitrogen and oxygen atoms in total. The molecule has 0 spiro atoms. The van der Waals surface area contributed by atoms with Gasteiger partial charge in [0.2, 0.25) is 5.13 Å². The Bertz CT molecular complexity index is 307. The van der Waals surface area contributed by atoms with E-state index in [0.717, 1.165) is 36.9 Å². The van der Waals surface area contributed by atoms with E-state index in [1.807, 2.05) is 0 Å². The summed E-state index contributed by atoms with van der Waals surface area (Å²) in [6, 6.07) is 0. The first kappa shape index (κ1) is 14.3. The van der Waals surface area contributed by atoms with Crippen molar-refractivity contribution in [2.24, 2.45) is 0 Å². The molecule has 98 valence electrons. The Kier molecular flexibility index (Phi) is 7.07. The molecule has 1 N–H and O–H groups in total. The van der Waals surface area contributed by atoms with Crippen LogP contribution in [-0.4, -0.2) is 47.4 Å². The average Bonchev–Trinajstić information content (AvgIpc) is 2.78. The molecule has 0 atom stereocenters. The molecule has 1 rings (SSSR count). The highest BCUT2D eigenvalue weighted by Gasteiger charge is 2.10. The van der Waals surface area contributed by atoms with Crippen LogP contribution in [0.4, 0.5) is 5.13 Å². The fraction of sp³-hybridized carbons (Fsp3) is 0.818. The monoisotopic (exact) mass is 259 g/mol. The molecule has 0 aliphatic carbocycles. The molecule has 0 fully saturated rings. The molecule has 6 heteroatoms. The van der Waals surface area contributed by atoms with Gasteiger partial charge in [-0.2, -0.15) is 4.37 Å². The molecular weight excluding hydrogens is 238 g/mol. The van der Waals surface area contributed by atoms with Crippen LogP contribution in [0, 0.1) is 0 Å². The first-order valence-electron chi connectivity index (χ1n) is 6.07. The van der Waals surface area contributed by atoms with E-state index in [0.29, 0.717) is 13.2 Å². The number of nitrogens with zero attached hydrogens (tertiary/aromatic N) is 3. The van der Waals surface area contributed by atoms with Crippen LogP contribution in [0.2, 0.25) is 0 Å². The maximum absolute atomic E-state index is 8.61. The summed E-state index contributed by atoms with van der Waals surface area (Å²) in [5, 5.41) is 9.57. The Balaban J connectivity index is 2.42. The zero-order valence-corrected chi connectivity index (χ0v) is 11.4. The average molecular weight is 259 g/mol. The first-order valence-corrected chi connectivity index (χ1v) is 6.85. The summed E-state index contributed by atoms with van der Waals surface area (Å²) in [6.45, 7) is 6.98. The van der Waals surface area contributed by atoms with Gasteiger partial charge in [0.25, 0.3) is 0 Å². The van der Waals surface area contributed by atoms with Crippen molar-refractivity contribution in [1.82, 2.24) is 9.36 Å². The second-order valence-corrected chi connectivity index (χ2v) is 4.39. The number of rotatable bonds is 9. The highest BCUT2D eigenvalue weighted by molar-refractivity contribution is 7.09. The quantitative estimate of drug-likeness (QED) is 0.678. The Morgan fingerprint density at radius 2 is 2.18 bits per heavy atom. The second-order valence-electron chi connectivity index (χ2n) is 3.66. The SMILES string of the molecule is CCCc1nsc(N(CC)CCOCCO)n1. The van der Waals surface area contributed by atoms with E-state index < -0.39 is 0 Å². The number of aliphatic hydroxyl groups excluding tert-OH is 1. The summed E-state index contributed by atoms with van der Waals surface area (Å²) in [4.78, 5) is 6.65. The van der Waals surface area contributed by atoms with Crippen molar-refractivity contribution in [2.75, 3.05) is 37.8 Å². The van der Waals surface area contributed by atoms with Crippen molar-refractivity contribution < 1.29 is 9.84 Å². The van der Waals surface area contributed by atoms with Gasteiger partial charge in [-0.15, -0.1) is 0 Å². The molecule has 0 radical (unpaired) electrons. The third-order valence-electron chi connectivity index (χ3n) is 2.32. The van der Waals surface area contributed by atoms with Crippen molar-refractivity contribution in [3.8, 4) is 0 Å². The van der Waals surface area contributed by atoms with Gasteiger partial charge in [-0.1, -0.05) is 6.92 Å². The second kappa shape index (κ2) is 8.38. The number of aliphatic hydroxyl groups is 1. The lowest BCUT2D eigenvalue weighted by Crippen LogP contribution is -2.27. The van der Waals surface area contributed by atoms with Crippen LogP contribution < -0.4 is 4.90 Å². The number of hydrogen-bond donors (Lipinski definition) is 1. The van der Waals surface area contributed by atoms with Crippen LogP contribution in [0.15, 0.2) is 0 Å². The van der Waals surface area contributed by atoms with Gasteiger partial charge in [0, 0.05) is 31.0 Å². The molecule has 1 heterocycles. The third-order valence-corrected chi connectivity index (χ3v) is 3.14. The van der Waals surface area contributed by atoms with Gasteiger partial charge < -0.3 is 14.7 Å². The van der Waals surface area contributed by atoms with Crippen LogP contribution >= 0.6 is 11.5 Å². The fourth-order valence-electron chi connectivity index (χ4n) is 1.43. The molecule has 0 saturated heterocycles. The van der Waals surface area contributed by atoms with E-state index in [9.17, 15) is 0 Å². The minimum atomic E-state index is 0.0750. The topological polar surface area (TPSA) is 58.5 Å². The Morgan fingerprint density at radius 1 is 1.35 bits per heavy atom. The summed E-state index contributed by atoms with van der Waals surface area (Å²) < 4.78 is 9.58. The standard InChI is InChI=1S/C11H21N3O2S/c1-3-5-10-12-11(17-13-10)14(4-2)6-8-16-9-7-15/h15H,3-9H2,1-2H3. The Hall–Kier alpha value is -0.720. The van der Waals surface area contributed by atoms with Crippen LogP contribution in [0.25, 0.3) is 0 Å². The van der Waals surface area contributed by atoms with E-state index in [1.165, 1.54) is 11.5 Å². The van der Waals surface area contributed by atoms with Crippen LogP contribution in [0.5, 0.6) is 0 Å². The lowest BCUT2D eigenvalue weighted by molar-refractivity contribution is 0.0967. The highest BCUT2D eigenvalue weighted by atomic mass is 32.1. The fourth-order valence-corrected chi connectivity index (χ4v) is 2.23. The summed E-state index contributed by atoms with van der Waals surface area (Å²) in [5.74, 6) is 0.933. The van der Waals surface area contributed by atoms with E-state index >= 15 is 0 Å². The molecule has 0 saturated carbocycles. The normalized spacial score (nSPS) is 10.8. The van der Waals surface area contributed by atoms with Gasteiger partial charge >= 0.3 is 0 Å². The van der Waals surface area contributed by atoms with Gasteiger partial charge in [-0.3, -0.25) is 0 Å². The number of hydrogen-bond acceptors (Lipinski definition) is 6. The lowest BCUT2D eigenvalue weighted by Gasteiger charge is -2.18. The Morgan fingerprint density at radius 3 is 2.82 bits per heavy atom. The summed E-state index contributed by atoms with van der Waals surface area (Å²) in [7, 11) is 0. The zero-order valence-electron chi connectivity index (χ0n) is 10.6. The minimum absolute atomic E-state index is 0.0750. The maximum atomic E-state index is 8.61. The molecule has 0 aliphatic heterocycles. The van der Waals surface area contributed by atoms with Gasteiger partial charge in [-0.05, 0) is 13.3 Å². The first-order chi connectivity index (χ1) is 8.31. The zero-order chi connectivity index (χ0) is 12.5. The molecule has 1 aromatic heterocycles. The van der Waals surface area contributed by atoms with Crippen molar-refractivity contribution in [3.63, 3.8) is 0 Å². The molecule has 0 aliphatic rings. The molecule has 1 aromatic rings. The van der Waals surface area contributed by atoms with Gasteiger partial charge in [0.15, 0.2) is 0 Å². The summed E-state index contributed by atoms with van der Waals surface area (Å²) in [5.41, 5.74) is 0. The smallest absolute Gasteiger partial charge is 0.205 e. The van der Waals surface area contributed by atoms with Gasteiger partial charge in [0.1, 0.15) is 5.82 Å². The summed E-state index contributed by atoms with van der Waals surface area (Å²) >= 11 is 1.45. The number of anilines is 1. The molecule has 0 unspecified atom stereocenters. The number of ether oxygens (including phenoxy) is 1. The molecule has 17 heavy (non-hydrogen) atoms. The van der Waals surface area contributed by atoms with Crippen LogP contribution in [0.1, 0.15) is 26.1 Å². The molecular formula is C11H21N3O2S. The number of aryl methyl sites for hydroxylation is 1. The van der Waals surface area contributed by atoms with Gasteiger partial charge in [0.05, 0.1) is 19.8 Å². The van der Waals surface area contributed by atoms with Gasteiger partial charge in [-0.25, -0.2) is 4.98 Å². The van der Waals surface area contributed by atoms with E-state index in [2.05, 4.69) is 28.1 Å². The number of likely N-dealkylation sites (N-methyl/N-ethyl adjacent to an activating group) is 1. The summed E-state index contributed by atoms with van der Waals surface area (Å²) in [6.07, 6.45) is 2.01. The largest absolute Gasteiger partial charge is 0.394 e. The van der Waals surface area contributed by atoms with Crippen molar-refractivity contribution in [3.05, 3.63) is 5.82 Å². The van der Waals surface area contributed by atoms with E-state index in [-0.39, 0.29) is 6.61 Å². The molecule has 0 aromatic carbocycles. The van der Waals surface area contributed by atoms with Crippen LogP contribution in [0.3, 0.4) is 0 Å². The van der Waals surface area contributed by atoms with Crippen LogP contribution in [-0.2, 0) is 11.2 Å². The van der Waals surface area contributed by atoms with E-state index in [4.69, 9.17) is 9.84 Å². The number of aromatic nitrogens is 2. The predicted octanol–water partition coefficient (Wildman–Crippen LogP) is 1.33. The van der Waals surface area contributed by atoms with Crippen molar-refractivity contribution in [2.45, 2.75) is 26.7 Å². The van der Waals surface area contributed by atoms with Crippen molar-refractivity contribution >= 4 is 16.7 Å². The van der Waals surface area contributed by atoms with Crippen molar-refractivity contribution in [1.29, 1.82) is 0 Å². The lowest BCUT2D eigenvalue weighted by atomic mass is 10.3. The molecule has 0 bridgehead atoms. The molecule has 0 amide bonds. The third kappa shape index (κ3) is 4.97. The highest BCUT2D eigenvalue weighted by Crippen LogP contribution is 2.17.